The topological polar surface area (TPSA) is 75.5 Å². The maximum atomic E-state index is 13.1. The summed E-state index contributed by atoms with van der Waals surface area (Å²) in [7, 11) is 0. The summed E-state index contributed by atoms with van der Waals surface area (Å²) in [4.78, 5) is 17.5. The minimum absolute atomic E-state index is 0.114. The van der Waals surface area contributed by atoms with Gasteiger partial charge >= 0.3 is 6.01 Å². The van der Waals surface area contributed by atoms with Crippen LogP contribution in [-0.4, -0.2) is 34.1 Å². The molecular formula is C19H15Cl2N3O4. The predicted octanol–water partition coefficient (Wildman–Crippen LogP) is 4.46. The van der Waals surface area contributed by atoms with Gasteiger partial charge in [0.1, 0.15) is 0 Å². The van der Waals surface area contributed by atoms with Gasteiger partial charge in [-0.3, -0.25) is 4.79 Å². The monoisotopic (exact) mass is 419 g/mol. The summed E-state index contributed by atoms with van der Waals surface area (Å²) in [5.74, 6) is 1.11. The van der Waals surface area contributed by atoms with E-state index in [4.69, 9.17) is 37.4 Å². The average Bonchev–Trinajstić information content (AvgIpc) is 3.34. The first-order chi connectivity index (χ1) is 13.6. The van der Waals surface area contributed by atoms with Gasteiger partial charge in [-0.1, -0.05) is 30.1 Å². The van der Waals surface area contributed by atoms with Gasteiger partial charge in [-0.15, -0.1) is 5.10 Å². The van der Waals surface area contributed by atoms with E-state index >= 15 is 0 Å². The Morgan fingerprint density at radius 3 is 2.75 bits per heavy atom. The van der Waals surface area contributed by atoms with Crippen LogP contribution in [0.3, 0.4) is 0 Å². The van der Waals surface area contributed by atoms with Gasteiger partial charge in [0.25, 0.3) is 5.91 Å². The van der Waals surface area contributed by atoms with Crippen molar-refractivity contribution in [1.82, 2.24) is 14.8 Å². The highest BCUT2D eigenvalue weighted by Crippen LogP contribution is 2.36. The van der Waals surface area contributed by atoms with Gasteiger partial charge in [-0.25, -0.2) is 0 Å². The molecule has 9 heteroatoms. The number of benzene rings is 2. The Labute approximate surface area is 170 Å². The summed E-state index contributed by atoms with van der Waals surface area (Å²) < 4.78 is 17.5. The summed E-state index contributed by atoms with van der Waals surface area (Å²) in [5.41, 5.74) is 0.958. The Kier molecular flexibility index (Phi) is 5.11. The normalized spacial score (nSPS) is 12.2. The fourth-order valence-electron chi connectivity index (χ4n) is 2.66. The quantitative estimate of drug-likeness (QED) is 0.607. The zero-order valence-electron chi connectivity index (χ0n) is 14.8. The van der Waals surface area contributed by atoms with Crippen LogP contribution in [0.15, 0.2) is 36.4 Å². The van der Waals surface area contributed by atoms with Gasteiger partial charge in [0, 0.05) is 11.1 Å². The number of hydrogen-bond donors (Lipinski definition) is 0. The van der Waals surface area contributed by atoms with Crippen molar-refractivity contribution in [2.75, 3.05) is 13.4 Å². The standard InChI is InChI=1S/C19H15Cl2N3O4/c1-2-7-26-19-22-17(11-4-6-15-16(9-11)28-10-27-15)24(23-19)18(25)12-3-5-13(20)14(21)8-12/h3-6,8-9H,2,7,10H2,1H3. The van der Waals surface area contributed by atoms with E-state index in [-0.39, 0.29) is 17.8 Å². The molecular weight excluding hydrogens is 405 g/mol. The molecule has 0 aliphatic carbocycles. The molecule has 1 aliphatic heterocycles. The molecule has 3 aromatic rings. The number of carbonyl (C=O) groups is 1. The van der Waals surface area contributed by atoms with Crippen LogP contribution in [0.5, 0.6) is 17.5 Å². The Morgan fingerprint density at radius 2 is 1.96 bits per heavy atom. The van der Waals surface area contributed by atoms with Crippen LogP contribution in [0.25, 0.3) is 11.4 Å². The Bertz CT molecular complexity index is 1050. The molecule has 0 bridgehead atoms. The molecule has 0 spiro atoms. The van der Waals surface area contributed by atoms with Crippen molar-refractivity contribution in [1.29, 1.82) is 0 Å². The number of nitrogens with zero attached hydrogens (tertiary/aromatic N) is 3. The zero-order chi connectivity index (χ0) is 19.7. The van der Waals surface area contributed by atoms with E-state index in [1.807, 2.05) is 6.92 Å². The minimum atomic E-state index is -0.412. The van der Waals surface area contributed by atoms with Crippen LogP contribution in [0.4, 0.5) is 0 Å². The highest BCUT2D eigenvalue weighted by Gasteiger charge is 2.23. The Balaban J connectivity index is 1.77. The first-order valence-electron chi connectivity index (χ1n) is 8.56. The van der Waals surface area contributed by atoms with Crippen molar-refractivity contribution < 1.29 is 19.0 Å². The molecule has 0 saturated carbocycles. The first kappa shape index (κ1) is 18.6. The largest absolute Gasteiger partial charge is 0.462 e. The average molecular weight is 420 g/mol. The highest BCUT2D eigenvalue weighted by atomic mass is 35.5. The summed E-state index contributed by atoms with van der Waals surface area (Å²) in [6.45, 7) is 2.56. The molecule has 0 amide bonds. The Morgan fingerprint density at radius 1 is 1.14 bits per heavy atom. The van der Waals surface area contributed by atoms with E-state index < -0.39 is 5.91 Å². The lowest BCUT2D eigenvalue weighted by atomic mass is 10.1. The van der Waals surface area contributed by atoms with Crippen LogP contribution in [0.2, 0.25) is 10.0 Å². The highest BCUT2D eigenvalue weighted by molar-refractivity contribution is 6.42. The molecule has 0 fully saturated rings. The summed E-state index contributed by atoms with van der Waals surface area (Å²) in [6, 6.07) is 10.0. The SMILES string of the molecule is CCCOc1nc(-c2ccc3c(c2)OCO3)n(C(=O)c2ccc(Cl)c(Cl)c2)n1. The maximum Gasteiger partial charge on any atom is 0.336 e. The number of halogens is 2. The van der Waals surface area contributed by atoms with Gasteiger partial charge in [0.05, 0.1) is 16.7 Å². The van der Waals surface area contributed by atoms with Gasteiger partial charge < -0.3 is 14.2 Å². The predicted molar refractivity (Wildman–Crippen MR) is 104 cm³/mol. The maximum absolute atomic E-state index is 13.1. The van der Waals surface area contributed by atoms with Crippen LogP contribution in [-0.2, 0) is 0 Å². The first-order valence-corrected chi connectivity index (χ1v) is 9.32. The number of hydrogen-bond acceptors (Lipinski definition) is 6. The molecule has 0 unspecified atom stereocenters. The third-order valence-electron chi connectivity index (χ3n) is 4.01. The molecule has 28 heavy (non-hydrogen) atoms. The van der Waals surface area contributed by atoms with Crippen molar-refractivity contribution in [3.8, 4) is 28.9 Å². The van der Waals surface area contributed by atoms with E-state index in [1.165, 1.54) is 10.7 Å². The van der Waals surface area contributed by atoms with Crippen molar-refractivity contribution in [3.63, 3.8) is 0 Å². The van der Waals surface area contributed by atoms with Gasteiger partial charge in [-0.2, -0.15) is 9.67 Å². The molecule has 144 valence electrons. The zero-order valence-corrected chi connectivity index (χ0v) is 16.3. The molecule has 2 aromatic carbocycles. The third kappa shape index (κ3) is 3.50. The van der Waals surface area contributed by atoms with Crippen LogP contribution in [0.1, 0.15) is 23.7 Å². The molecule has 2 heterocycles. The third-order valence-corrected chi connectivity index (χ3v) is 4.75. The second-order valence-corrected chi connectivity index (χ2v) is 6.79. The number of rotatable bonds is 5. The van der Waals surface area contributed by atoms with Gasteiger partial charge in [0.15, 0.2) is 17.3 Å². The molecule has 0 atom stereocenters. The second kappa shape index (κ2) is 7.69. The summed E-state index contributed by atoms with van der Waals surface area (Å²) in [6.07, 6.45) is 0.786. The fourth-order valence-corrected chi connectivity index (χ4v) is 2.96. The molecule has 1 aliphatic rings. The lowest BCUT2D eigenvalue weighted by Gasteiger charge is -2.06. The molecule has 4 rings (SSSR count). The lowest BCUT2D eigenvalue weighted by molar-refractivity contribution is 0.0944. The van der Waals surface area contributed by atoms with Crippen molar-refractivity contribution >= 4 is 29.1 Å². The van der Waals surface area contributed by atoms with E-state index in [9.17, 15) is 4.79 Å². The smallest absolute Gasteiger partial charge is 0.336 e. The van der Waals surface area contributed by atoms with Crippen LogP contribution >= 0.6 is 23.2 Å². The Hall–Kier alpha value is -2.77. The van der Waals surface area contributed by atoms with E-state index in [2.05, 4.69) is 10.1 Å². The van der Waals surface area contributed by atoms with Crippen molar-refractivity contribution in [3.05, 3.63) is 52.0 Å². The van der Waals surface area contributed by atoms with Crippen molar-refractivity contribution in [2.24, 2.45) is 0 Å². The molecule has 7 nitrogen and oxygen atoms in total. The molecule has 0 N–H and O–H groups in total. The van der Waals surface area contributed by atoms with Crippen LogP contribution in [0, 0.1) is 0 Å². The molecule has 0 radical (unpaired) electrons. The van der Waals surface area contributed by atoms with Gasteiger partial charge in [-0.05, 0) is 42.8 Å². The number of ether oxygens (including phenoxy) is 3. The minimum Gasteiger partial charge on any atom is -0.462 e. The lowest BCUT2D eigenvalue weighted by Crippen LogP contribution is -2.15. The summed E-state index contributed by atoms with van der Waals surface area (Å²) >= 11 is 12.0. The molecule has 1 aromatic heterocycles. The number of fused-ring (bicyclic) bond motifs is 1. The fraction of sp³-hybridized carbons (Fsp3) is 0.211. The van der Waals surface area contributed by atoms with Crippen LogP contribution < -0.4 is 14.2 Å². The number of aromatic nitrogens is 3. The van der Waals surface area contributed by atoms with E-state index in [1.54, 1.807) is 30.3 Å². The van der Waals surface area contributed by atoms with E-state index in [0.717, 1.165) is 6.42 Å². The second-order valence-electron chi connectivity index (χ2n) is 5.98. The van der Waals surface area contributed by atoms with Gasteiger partial charge in [0.2, 0.25) is 6.79 Å². The van der Waals surface area contributed by atoms with Crippen molar-refractivity contribution in [2.45, 2.75) is 13.3 Å². The number of carbonyl (C=O) groups excluding carboxylic acids is 1. The summed E-state index contributed by atoms with van der Waals surface area (Å²) in [5, 5.41) is 4.87. The molecule has 0 saturated heterocycles. The van der Waals surface area contributed by atoms with E-state index in [0.29, 0.717) is 40.1 Å².